The third-order valence-electron chi connectivity index (χ3n) is 5.12. The monoisotopic (exact) mass is 628 g/mol. The van der Waals surface area contributed by atoms with Crippen molar-refractivity contribution in [2.45, 2.75) is 20.3 Å². The van der Waals surface area contributed by atoms with Crippen molar-refractivity contribution in [1.29, 1.82) is 0 Å². The molecule has 1 aliphatic rings. The van der Waals surface area contributed by atoms with Crippen LogP contribution >= 0.6 is 0 Å². The van der Waals surface area contributed by atoms with E-state index in [2.05, 4.69) is 21.2 Å². The van der Waals surface area contributed by atoms with Gasteiger partial charge in [-0.3, -0.25) is 24.0 Å². The number of aromatic hydroxyl groups is 2. The Balaban J connectivity index is 0.000000682. The Labute approximate surface area is 259 Å². The summed E-state index contributed by atoms with van der Waals surface area (Å²) < 4.78 is 4.82. The lowest BCUT2D eigenvalue weighted by Crippen LogP contribution is -2.33. The summed E-state index contributed by atoms with van der Waals surface area (Å²) in [6, 6.07) is 17.5. The van der Waals surface area contributed by atoms with Gasteiger partial charge in [0.15, 0.2) is 0 Å². The van der Waals surface area contributed by atoms with E-state index >= 15 is 0 Å². The minimum atomic E-state index is -1.23. The molecule has 0 unspecified atom stereocenters. The molecule has 7 N–H and O–H groups in total. The topological polar surface area (TPSA) is 235 Å². The highest BCUT2D eigenvalue weighted by atomic mass is 16.8. The maximum Gasteiger partial charge on any atom is 0.539 e. The normalized spacial score (nSPS) is 11.0. The lowest BCUT2D eigenvalue weighted by molar-refractivity contribution is -0.174. The lowest BCUT2D eigenvalue weighted by atomic mass is 10.2. The first-order chi connectivity index (χ1) is 20.9. The number of aromatic carboxylic acids is 1. The molecule has 3 aromatic carbocycles. The van der Waals surface area contributed by atoms with E-state index in [1.165, 1.54) is 74.8 Å². The molecule has 4 amide bonds. The first-order valence-electron chi connectivity index (χ1n) is 12.6. The molecule has 0 aliphatic carbocycles. The van der Waals surface area contributed by atoms with E-state index in [-0.39, 0.29) is 60.5 Å². The van der Waals surface area contributed by atoms with Gasteiger partial charge in [0.25, 0.3) is 23.6 Å². The number of phenolic OH excluding ortho intramolecular Hbond substituents is 2. The second kappa shape index (κ2) is 20.0. The highest BCUT2D eigenvalue weighted by Crippen LogP contribution is 2.17. The highest BCUT2D eigenvalue weighted by molar-refractivity contribution is 6.01. The van der Waals surface area contributed by atoms with E-state index in [0.717, 1.165) is 0 Å². The van der Waals surface area contributed by atoms with Crippen molar-refractivity contribution < 1.29 is 53.7 Å². The van der Waals surface area contributed by atoms with Crippen molar-refractivity contribution in [2.75, 3.05) is 21.1 Å². The van der Waals surface area contributed by atoms with Gasteiger partial charge in [0, 0.05) is 38.1 Å². The summed E-state index contributed by atoms with van der Waals surface area (Å²) in [5.74, 6) is -2.64. The minimum absolute atomic E-state index is 0. The Bertz CT molecular complexity index is 1460. The molecule has 15 nitrogen and oxygen atoms in total. The van der Waals surface area contributed by atoms with E-state index in [1.54, 1.807) is 19.2 Å². The quantitative estimate of drug-likeness (QED) is 0.136. The molecule has 0 bridgehead atoms. The van der Waals surface area contributed by atoms with Crippen LogP contribution in [0.4, 0.5) is 4.79 Å². The summed E-state index contributed by atoms with van der Waals surface area (Å²) in [6.07, 6.45) is -1.23. The second-order valence-electron chi connectivity index (χ2n) is 8.12. The summed E-state index contributed by atoms with van der Waals surface area (Å²) in [5.41, 5.74) is 5.35. The molecule has 1 heterocycles. The molecule has 4 rings (SSSR count). The maximum absolute atomic E-state index is 11.5. The van der Waals surface area contributed by atoms with Crippen LogP contribution in [0.25, 0.3) is 0 Å². The molecule has 0 aromatic heterocycles. The number of benzene rings is 3. The van der Waals surface area contributed by atoms with Crippen molar-refractivity contribution in [2.24, 2.45) is 5.73 Å². The minimum Gasteiger partial charge on any atom is -0.508 e. The summed E-state index contributed by atoms with van der Waals surface area (Å²) >= 11 is 0. The van der Waals surface area contributed by atoms with Gasteiger partial charge in [-0.1, -0.05) is 30.7 Å². The summed E-state index contributed by atoms with van der Waals surface area (Å²) in [5, 5.41) is 31.4. The molecule has 15 heteroatoms. The molecule has 0 radical (unpaired) electrons. The van der Waals surface area contributed by atoms with Crippen molar-refractivity contribution in [3.05, 3.63) is 89.5 Å². The van der Waals surface area contributed by atoms with Crippen molar-refractivity contribution in [3.63, 3.8) is 0 Å². The third kappa shape index (κ3) is 13.3. The zero-order valence-electron chi connectivity index (χ0n) is 24.0. The predicted molar refractivity (Wildman–Crippen MR) is 161 cm³/mol. The highest BCUT2D eigenvalue weighted by Gasteiger charge is 2.33. The molecule has 3 aromatic rings. The molecule has 1 aliphatic heterocycles. The number of nitrogens with one attached hydrogen (secondary N) is 2. The van der Waals surface area contributed by atoms with Gasteiger partial charge in [-0.05, 0) is 61.6 Å². The van der Waals surface area contributed by atoms with Crippen LogP contribution < -0.4 is 21.1 Å². The zero-order chi connectivity index (χ0) is 33.2. The summed E-state index contributed by atoms with van der Waals surface area (Å²) in [4.78, 5) is 71.2. The smallest absolute Gasteiger partial charge is 0.508 e. The average Bonchev–Trinajstić information content (AvgIpc) is 3.34. The molecular weight excluding hydrogens is 592 g/mol. The van der Waals surface area contributed by atoms with Gasteiger partial charge in [0.2, 0.25) is 0 Å². The first kappa shape index (κ1) is 39.0. The summed E-state index contributed by atoms with van der Waals surface area (Å²) in [6.45, 7) is 0. The number of carboxylic acids is 1. The van der Waals surface area contributed by atoms with Crippen molar-refractivity contribution in [1.82, 2.24) is 15.7 Å². The van der Waals surface area contributed by atoms with Crippen molar-refractivity contribution in [3.8, 4) is 17.2 Å². The maximum atomic E-state index is 11.5. The van der Waals surface area contributed by atoms with Gasteiger partial charge in [-0.25, -0.2) is 9.59 Å². The Hall–Kier alpha value is -5.96. The number of nitrogens with two attached hydrogens (primary N) is 1. The number of carboxylic acid groups (broad SMARTS) is 1. The first-order valence-corrected chi connectivity index (χ1v) is 12.6. The van der Waals surface area contributed by atoms with Gasteiger partial charge in [0.05, 0.1) is 5.56 Å². The van der Waals surface area contributed by atoms with Crippen LogP contribution in [0.15, 0.2) is 72.8 Å². The van der Waals surface area contributed by atoms with Crippen LogP contribution in [0.2, 0.25) is 0 Å². The Morgan fingerprint density at radius 3 is 1.58 bits per heavy atom. The second-order valence-corrected chi connectivity index (χ2v) is 8.12. The van der Waals surface area contributed by atoms with E-state index in [9.17, 15) is 28.8 Å². The average molecular weight is 629 g/mol. The number of carbonyl (C=O) groups is 6. The lowest BCUT2D eigenvalue weighted by Gasteiger charge is -2.12. The molecule has 1 saturated heterocycles. The van der Waals surface area contributed by atoms with Gasteiger partial charge in [-0.15, -0.1) is 0 Å². The van der Waals surface area contributed by atoms with E-state index in [0.29, 0.717) is 10.6 Å². The predicted octanol–water partition coefficient (Wildman–Crippen LogP) is 2.68. The standard InChI is InChI=1S/C13H12N2O6.C8H9NO2.C7H6O3.CH5N.CH4/c1-14-12(18)8-3-2-4-9(7-8)20-13(19)21-15-10(16)5-6-11(15)17;1-9-8(11)6-3-2-4-7(10)5-6;8-6-3-1-2-5(4-6)7(9)10;1-2;/h2-4,7H,5-6H2,1H3,(H,14,18);2-5,10H,1H3,(H,9,11);1-4,8H,(H,9,10);2H2,1H3;1H4. The largest absolute Gasteiger partial charge is 0.539 e. The number of carbonyl (C=O) groups excluding carboxylic acids is 5. The molecule has 1 fully saturated rings. The number of rotatable bonds is 5. The van der Waals surface area contributed by atoms with Gasteiger partial charge < -0.3 is 36.4 Å². The number of hydroxylamine groups is 2. The number of hydrogen-bond acceptors (Lipinski definition) is 11. The van der Waals surface area contributed by atoms with Crippen LogP contribution in [0.3, 0.4) is 0 Å². The number of imide groups is 1. The van der Waals surface area contributed by atoms with Gasteiger partial charge in [0.1, 0.15) is 17.2 Å². The van der Waals surface area contributed by atoms with Crippen LogP contribution in [-0.2, 0) is 14.4 Å². The SMILES string of the molecule is C.CN.CNC(=O)c1cccc(O)c1.CNC(=O)c1cccc(OC(=O)ON2C(=O)CCC2=O)c1.O=C(O)c1cccc(O)c1. The van der Waals surface area contributed by atoms with Crippen LogP contribution in [0.5, 0.6) is 17.2 Å². The zero-order valence-corrected chi connectivity index (χ0v) is 24.0. The fraction of sp³-hybridized carbons (Fsp3) is 0.200. The molecule has 0 saturated carbocycles. The summed E-state index contributed by atoms with van der Waals surface area (Å²) in [7, 11) is 4.51. The number of ether oxygens (including phenoxy) is 1. The van der Waals surface area contributed by atoms with Gasteiger partial charge in [-0.2, -0.15) is 0 Å². The van der Waals surface area contributed by atoms with Gasteiger partial charge >= 0.3 is 12.1 Å². The molecule has 242 valence electrons. The van der Waals surface area contributed by atoms with E-state index in [1.807, 2.05) is 0 Å². The fourth-order valence-electron chi connectivity index (χ4n) is 3.12. The van der Waals surface area contributed by atoms with Crippen LogP contribution in [-0.4, -0.2) is 77.3 Å². The fourth-order valence-corrected chi connectivity index (χ4v) is 3.12. The molecule has 45 heavy (non-hydrogen) atoms. The van der Waals surface area contributed by atoms with Crippen LogP contribution in [0, 0.1) is 0 Å². The molecular formula is C30H36N4O11. The third-order valence-corrected chi connectivity index (χ3v) is 5.12. The number of hydrogen-bond donors (Lipinski definition) is 6. The Morgan fingerprint density at radius 2 is 1.16 bits per heavy atom. The number of phenols is 2. The van der Waals surface area contributed by atoms with Crippen molar-refractivity contribution >= 4 is 35.8 Å². The number of amides is 4. The molecule has 0 atom stereocenters. The van der Waals surface area contributed by atoms with Crippen LogP contribution in [0.1, 0.15) is 51.3 Å². The Kier molecular flexibility index (Phi) is 17.4. The molecule has 0 spiro atoms. The Morgan fingerprint density at radius 1 is 0.733 bits per heavy atom. The number of nitrogens with zero attached hydrogens (tertiary/aromatic N) is 1. The van der Waals surface area contributed by atoms with E-state index in [4.69, 9.17) is 20.1 Å². The van der Waals surface area contributed by atoms with E-state index < -0.39 is 23.9 Å².